The third-order valence-electron chi connectivity index (χ3n) is 3.79. The molecule has 0 aliphatic rings. The quantitative estimate of drug-likeness (QED) is 0.609. The summed E-state index contributed by atoms with van der Waals surface area (Å²) in [6.07, 6.45) is 0. The van der Waals surface area contributed by atoms with Gasteiger partial charge in [0.05, 0.1) is 0 Å². The Balaban J connectivity index is 2.53. The third kappa shape index (κ3) is 6.59. The summed E-state index contributed by atoms with van der Waals surface area (Å²) in [7, 11) is 0.804. The normalized spacial score (nSPS) is 14.4. The minimum atomic E-state index is -0.896. The molecule has 1 aromatic carbocycles. The van der Waals surface area contributed by atoms with Gasteiger partial charge >= 0.3 is 0 Å². The molecule has 1 unspecified atom stereocenters. The monoisotopic (exact) mass is 355 g/mol. The molecule has 0 aliphatic heterocycles. The van der Waals surface area contributed by atoms with Crippen LogP contribution < -0.4 is 10.6 Å². The summed E-state index contributed by atoms with van der Waals surface area (Å²) in [5, 5.41) is 6.44. The van der Waals surface area contributed by atoms with E-state index in [4.69, 9.17) is 0 Å². The van der Waals surface area contributed by atoms with Crippen LogP contribution in [0, 0.1) is 5.82 Å². The lowest BCUT2D eigenvalue weighted by Crippen LogP contribution is -2.45. The van der Waals surface area contributed by atoms with Gasteiger partial charge in [-0.1, -0.05) is 26.0 Å². The molecule has 0 radical (unpaired) electrons. The van der Waals surface area contributed by atoms with Gasteiger partial charge in [0, 0.05) is 46.9 Å². The molecule has 0 spiro atoms. The Morgan fingerprint density at radius 1 is 1.21 bits per heavy atom. The van der Waals surface area contributed by atoms with E-state index in [2.05, 4.69) is 29.5 Å². The van der Waals surface area contributed by atoms with Gasteiger partial charge in [-0.15, -0.1) is 0 Å². The highest BCUT2D eigenvalue weighted by atomic mass is 32.2. The van der Waals surface area contributed by atoms with Crippen molar-refractivity contribution in [2.24, 2.45) is 4.99 Å². The molecule has 24 heavy (non-hydrogen) atoms. The first-order chi connectivity index (χ1) is 11.1. The van der Waals surface area contributed by atoms with Crippen LogP contribution in [-0.4, -0.2) is 40.8 Å². The summed E-state index contributed by atoms with van der Waals surface area (Å²) in [6, 6.07) is 6.65. The first-order valence-corrected chi connectivity index (χ1v) is 9.47. The average molecular weight is 356 g/mol. The van der Waals surface area contributed by atoms with Crippen LogP contribution in [-0.2, 0) is 16.2 Å². The molecule has 1 atom stereocenters. The zero-order valence-electron chi connectivity index (χ0n) is 15.6. The number of benzene rings is 1. The van der Waals surface area contributed by atoms with Gasteiger partial charge in [-0.2, -0.15) is 0 Å². The van der Waals surface area contributed by atoms with E-state index in [-0.39, 0.29) is 16.0 Å². The van der Waals surface area contributed by atoms with Gasteiger partial charge in [-0.05, 0) is 38.5 Å². The predicted octanol–water partition coefficient (Wildman–Crippen LogP) is 2.82. The maximum Gasteiger partial charge on any atom is 0.191 e. The second kappa shape index (κ2) is 8.60. The average Bonchev–Trinajstić information content (AvgIpc) is 2.49. The first kappa shape index (κ1) is 20.6. The molecule has 0 aromatic heterocycles. The number of rotatable bonds is 6. The van der Waals surface area contributed by atoms with E-state index in [0.717, 1.165) is 5.56 Å². The summed E-state index contributed by atoms with van der Waals surface area (Å²) in [5.41, 5.74) is 0.688. The maximum atomic E-state index is 13.4. The Bertz CT molecular complexity index is 594. The summed E-state index contributed by atoms with van der Waals surface area (Å²) in [5.74, 6) is 0.996. The van der Waals surface area contributed by atoms with Crippen LogP contribution in [0.3, 0.4) is 0 Å². The standard InChI is InChI=1S/C18H30FN3OS/c1-17(2,3)24(23)11-10-21-16(20-6)22-13-18(4,5)14-8-7-9-15(19)12-14/h7-9,12H,10-11,13H2,1-6H3,(H2,20,21,22). The van der Waals surface area contributed by atoms with Crippen molar-refractivity contribution in [2.75, 3.05) is 25.9 Å². The number of hydrogen-bond donors (Lipinski definition) is 2. The van der Waals surface area contributed by atoms with Crippen LogP contribution in [0.2, 0.25) is 0 Å². The molecule has 0 heterocycles. The highest BCUT2D eigenvalue weighted by Gasteiger charge is 2.22. The molecule has 4 nitrogen and oxygen atoms in total. The van der Waals surface area contributed by atoms with Crippen LogP contribution in [0.1, 0.15) is 40.2 Å². The summed E-state index contributed by atoms with van der Waals surface area (Å²) in [6.45, 7) is 11.2. The van der Waals surface area contributed by atoms with E-state index in [9.17, 15) is 8.60 Å². The molecule has 0 fully saturated rings. The molecule has 0 saturated heterocycles. The Kier molecular flexibility index (Phi) is 7.39. The van der Waals surface area contributed by atoms with Crippen LogP contribution in [0.4, 0.5) is 4.39 Å². The molecule has 1 aromatic rings. The van der Waals surface area contributed by atoms with E-state index < -0.39 is 10.8 Å². The summed E-state index contributed by atoms with van der Waals surface area (Å²) < 4.78 is 25.2. The van der Waals surface area contributed by atoms with Gasteiger partial charge in [0.15, 0.2) is 5.96 Å². The van der Waals surface area contributed by atoms with Crippen molar-refractivity contribution in [3.8, 4) is 0 Å². The smallest absolute Gasteiger partial charge is 0.191 e. The minimum absolute atomic E-state index is 0.210. The Labute approximate surface area is 147 Å². The van der Waals surface area contributed by atoms with Gasteiger partial charge in [0.25, 0.3) is 0 Å². The molecule has 0 aliphatic carbocycles. The largest absolute Gasteiger partial charge is 0.356 e. The summed E-state index contributed by atoms with van der Waals surface area (Å²) >= 11 is 0. The zero-order chi connectivity index (χ0) is 18.4. The van der Waals surface area contributed by atoms with Crippen molar-refractivity contribution >= 4 is 16.8 Å². The van der Waals surface area contributed by atoms with Crippen LogP contribution >= 0.6 is 0 Å². The second-order valence-corrected chi connectivity index (χ2v) is 9.73. The molecular weight excluding hydrogens is 325 g/mol. The fourth-order valence-corrected chi connectivity index (χ4v) is 3.00. The Morgan fingerprint density at radius 2 is 1.88 bits per heavy atom. The Morgan fingerprint density at radius 3 is 2.42 bits per heavy atom. The number of guanidine groups is 1. The maximum absolute atomic E-state index is 13.4. The molecule has 6 heteroatoms. The number of hydrogen-bond acceptors (Lipinski definition) is 2. The second-order valence-electron chi connectivity index (χ2n) is 7.41. The zero-order valence-corrected chi connectivity index (χ0v) is 16.4. The van der Waals surface area contributed by atoms with E-state index in [1.54, 1.807) is 19.2 Å². The third-order valence-corrected chi connectivity index (χ3v) is 5.73. The van der Waals surface area contributed by atoms with Gasteiger partial charge in [0.2, 0.25) is 0 Å². The SMILES string of the molecule is CN=C(NCCS(=O)C(C)(C)C)NCC(C)(C)c1cccc(F)c1. The fourth-order valence-electron chi connectivity index (χ4n) is 2.11. The molecule has 0 bridgehead atoms. The van der Waals surface area contributed by atoms with Gasteiger partial charge in [-0.3, -0.25) is 9.20 Å². The number of nitrogens with zero attached hydrogens (tertiary/aromatic N) is 1. The van der Waals surface area contributed by atoms with Crippen LogP contribution in [0.25, 0.3) is 0 Å². The highest BCUT2D eigenvalue weighted by Crippen LogP contribution is 2.22. The lowest BCUT2D eigenvalue weighted by Gasteiger charge is -2.27. The molecule has 0 saturated carbocycles. The van der Waals surface area contributed by atoms with E-state index in [1.807, 2.05) is 26.8 Å². The van der Waals surface area contributed by atoms with Crippen molar-refractivity contribution in [1.82, 2.24) is 10.6 Å². The van der Waals surface area contributed by atoms with Crippen molar-refractivity contribution in [2.45, 2.75) is 44.8 Å². The number of aliphatic imine (C=N–C) groups is 1. The minimum Gasteiger partial charge on any atom is -0.356 e. The van der Waals surface area contributed by atoms with E-state index in [0.29, 0.717) is 24.8 Å². The molecule has 1 rings (SSSR count). The van der Waals surface area contributed by atoms with Gasteiger partial charge in [-0.25, -0.2) is 4.39 Å². The number of nitrogens with one attached hydrogen (secondary N) is 2. The van der Waals surface area contributed by atoms with Crippen LogP contribution in [0.15, 0.2) is 29.3 Å². The lowest BCUT2D eigenvalue weighted by atomic mass is 9.84. The first-order valence-electron chi connectivity index (χ1n) is 8.15. The lowest BCUT2D eigenvalue weighted by molar-refractivity contribution is 0.503. The molecular formula is C18H30FN3OS. The van der Waals surface area contributed by atoms with Crippen molar-refractivity contribution in [3.63, 3.8) is 0 Å². The summed E-state index contributed by atoms with van der Waals surface area (Å²) in [4.78, 5) is 4.18. The van der Waals surface area contributed by atoms with Crippen molar-refractivity contribution in [3.05, 3.63) is 35.6 Å². The molecule has 2 N–H and O–H groups in total. The molecule has 0 amide bonds. The fraction of sp³-hybridized carbons (Fsp3) is 0.611. The number of halogens is 1. The van der Waals surface area contributed by atoms with Crippen molar-refractivity contribution < 1.29 is 8.60 Å². The van der Waals surface area contributed by atoms with Gasteiger partial charge in [0.1, 0.15) is 5.82 Å². The predicted molar refractivity (Wildman–Crippen MR) is 102 cm³/mol. The van der Waals surface area contributed by atoms with Crippen LogP contribution in [0.5, 0.6) is 0 Å². The molecule has 136 valence electrons. The van der Waals surface area contributed by atoms with Gasteiger partial charge < -0.3 is 10.6 Å². The highest BCUT2D eigenvalue weighted by molar-refractivity contribution is 7.86. The topological polar surface area (TPSA) is 53.5 Å². The van der Waals surface area contributed by atoms with E-state index in [1.165, 1.54) is 6.07 Å². The van der Waals surface area contributed by atoms with E-state index >= 15 is 0 Å². The Hall–Kier alpha value is -1.43. The van der Waals surface area contributed by atoms with Crippen molar-refractivity contribution in [1.29, 1.82) is 0 Å².